The molecule has 0 atom stereocenters. The summed E-state index contributed by atoms with van der Waals surface area (Å²) in [5.41, 5.74) is 2.71. The van der Waals surface area contributed by atoms with Crippen molar-refractivity contribution in [1.29, 1.82) is 0 Å². The standard InChI is InChI=1S/C14H15BrN2O2/c1-9(18)8-13-10(2)16-17(14(13)15)11-4-6-12(19-3)7-5-11/h4-7H,8H2,1-3H3. The SMILES string of the molecule is COc1ccc(-n2nc(C)c(CC(C)=O)c2Br)cc1. The summed E-state index contributed by atoms with van der Waals surface area (Å²) in [6.07, 6.45) is 0.391. The second-order valence-electron chi connectivity index (χ2n) is 4.34. The number of methoxy groups -OCH3 is 1. The van der Waals surface area contributed by atoms with E-state index < -0.39 is 0 Å². The van der Waals surface area contributed by atoms with Crippen LogP contribution in [0.2, 0.25) is 0 Å². The number of aromatic nitrogens is 2. The second kappa shape index (κ2) is 5.57. The minimum Gasteiger partial charge on any atom is -0.497 e. The summed E-state index contributed by atoms with van der Waals surface area (Å²) in [4.78, 5) is 11.3. The van der Waals surface area contributed by atoms with Gasteiger partial charge in [0.25, 0.3) is 0 Å². The molecule has 0 fully saturated rings. The number of hydrogen-bond acceptors (Lipinski definition) is 3. The number of ketones is 1. The Morgan fingerprint density at radius 3 is 2.53 bits per heavy atom. The molecule has 0 bridgehead atoms. The van der Waals surface area contributed by atoms with Crippen LogP contribution in [-0.2, 0) is 11.2 Å². The molecule has 2 rings (SSSR count). The molecule has 1 heterocycles. The Balaban J connectivity index is 2.42. The maximum atomic E-state index is 11.3. The molecule has 0 amide bonds. The number of nitrogens with zero attached hydrogens (tertiary/aromatic N) is 2. The smallest absolute Gasteiger partial charge is 0.134 e. The highest BCUT2D eigenvalue weighted by atomic mass is 79.9. The van der Waals surface area contributed by atoms with Crippen LogP contribution in [0, 0.1) is 6.92 Å². The monoisotopic (exact) mass is 322 g/mol. The molecule has 0 spiro atoms. The number of hydrogen-bond donors (Lipinski definition) is 0. The molecule has 5 heteroatoms. The van der Waals surface area contributed by atoms with Gasteiger partial charge in [0, 0.05) is 12.0 Å². The average Bonchev–Trinajstić information content (AvgIpc) is 2.66. The van der Waals surface area contributed by atoms with Crippen LogP contribution < -0.4 is 4.74 Å². The van der Waals surface area contributed by atoms with Gasteiger partial charge in [0.05, 0.1) is 18.5 Å². The number of carbonyl (C=O) groups excluding carboxylic acids is 1. The first kappa shape index (κ1) is 13.8. The van der Waals surface area contributed by atoms with E-state index in [4.69, 9.17) is 4.74 Å². The van der Waals surface area contributed by atoms with E-state index >= 15 is 0 Å². The molecule has 0 unspecified atom stereocenters. The molecule has 19 heavy (non-hydrogen) atoms. The lowest BCUT2D eigenvalue weighted by Gasteiger charge is -2.05. The topological polar surface area (TPSA) is 44.1 Å². The van der Waals surface area contributed by atoms with Crippen LogP contribution in [0.3, 0.4) is 0 Å². The summed E-state index contributed by atoms with van der Waals surface area (Å²) in [5.74, 6) is 0.922. The number of carbonyl (C=O) groups is 1. The van der Waals surface area contributed by atoms with Crippen molar-refractivity contribution in [3.8, 4) is 11.4 Å². The van der Waals surface area contributed by atoms with E-state index in [9.17, 15) is 4.79 Å². The highest BCUT2D eigenvalue weighted by molar-refractivity contribution is 9.10. The van der Waals surface area contributed by atoms with Crippen molar-refractivity contribution in [3.63, 3.8) is 0 Å². The Morgan fingerprint density at radius 2 is 2.00 bits per heavy atom. The maximum Gasteiger partial charge on any atom is 0.134 e. The van der Waals surface area contributed by atoms with Crippen LogP contribution in [0.25, 0.3) is 5.69 Å². The van der Waals surface area contributed by atoms with Crippen LogP contribution in [0.4, 0.5) is 0 Å². The first-order valence-electron chi connectivity index (χ1n) is 5.90. The highest BCUT2D eigenvalue weighted by Crippen LogP contribution is 2.25. The lowest BCUT2D eigenvalue weighted by Crippen LogP contribution is -1.99. The van der Waals surface area contributed by atoms with Crippen molar-refractivity contribution in [3.05, 3.63) is 40.1 Å². The van der Waals surface area contributed by atoms with E-state index in [0.29, 0.717) is 6.42 Å². The van der Waals surface area contributed by atoms with Crippen LogP contribution in [0.15, 0.2) is 28.9 Å². The van der Waals surface area contributed by atoms with Gasteiger partial charge in [-0.2, -0.15) is 5.10 Å². The largest absolute Gasteiger partial charge is 0.497 e. The van der Waals surface area contributed by atoms with E-state index in [-0.39, 0.29) is 5.78 Å². The summed E-state index contributed by atoms with van der Waals surface area (Å²) < 4.78 is 7.74. The fraction of sp³-hybridized carbons (Fsp3) is 0.286. The number of ether oxygens (including phenoxy) is 1. The molecule has 0 aliphatic heterocycles. The molecule has 0 saturated heterocycles. The maximum absolute atomic E-state index is 11.3. The molecule has 1 aromatic carbocycles. The fourth-order valence-electron chi connectivity index (χ4n) is 1.88. The lowest BCUT2D eigenvalue weighted by atomic mass is 10.1. The number of aryl methyl sites for hydroxylation is 1. The van der Waals surface area contributed by atoms with Crippen LogP contribution >= 0.6 is 15.9 Å². The summed E-state index contributed by atoms with van der Waals surface area (Å²) in [6, 6.07) is 7.61. The zero-order valence-corrected chi connectivity index (χ0v) is 12.7. The molecular formula is C14H15BrN2O2. The van der Waals surface area contributed by atoms with Gasteiger partial charge >= 0.3 is 0 Å². The van der Waals surface area contributed by atoms with Crippen molar-refractivity contribution in [2.75, 3.05) is 7.11 Å². The molecule has 0 aliphatic carbocycles. The number of halogens is 1. The molecule has 1 aromatic heterocycles. The predicted octanol–water partition coefficient (Wildman–Crippen LogP) is 3.08. The minimum atomic E-state index is 0.123. The number of rotatable bonds is 4. The van der Waals surface area contributed by atoms with Gasteiger partial charge in [0.2, 0.25) is 0 Å². The van der Waals surface area contributed by atoms with Crippen molar-refractivity contribution < 1.29 is 9.53 Å². The summed E-state index contributed by atoms with van der Waals surface area (Å²) >= 11 is 3.52. The average molecular weight is 323 g/mol. The molecule has 4 nitrogen and oxygen atoms in total. The Kier molecular flexibility index (Phi) is 4.04. The Morgan fingerprint density at radius 1 is 1.37 bits per heavy atom. The van der Waals surface area contributed by atoms with Gasteiger partial charge in [0.15, 0.2) is 0 Å². The predicted molar refractivity (Wildman–Crippen MR) is 76.9 cm³/mol. The molecule has 0 saturated carbocycles. The molecular weight excluding hydrogens is 308 g/mol. The fourth-order valence-corrected chi connectivity index (χ4v) is 2.59. The van der Waals surface area contributed by atoms with Gasteiger partial charge in [-0.3, -0.25) is 4.79 Å². The Labute approximate surface area is 120 Å². The van der Waals surface area contributed by atoms with Gasteiger partial charge < -0.3 is 4.74 Å². The summed E-state index contributed by atoms with van der Waals surface area (Å²) in [7, 11) is 1.63. The summed E-state index contributed by atoms with van der Waals surface area (Å²) in [5, 5.41) is 4.47. The van der Waals surface area contributed by atoms with Crippen molar-refractivity contribution >= 4 is 21.7 Å². The van der Waals surface area contributed by atoms with Gasteiger partial charge in [-0.05, 0) is 54.0 Å². The number of Topliss-reactive ketones (excluding diaryl/α,β-unsaturated/α-hetero) is 1. The van der Waals surface area contributed by atoms with E-state index in [2.05, 4.69) is 21.0 Å². The molecule has 0 N–H and O–H groups in total. The first-order chi connectivity index (χ1) is 9.02. The van der Waals surface area contributed by atoms with E-state index in [1.165, 1.54) is 0 Å². The van der Waals surface area contributed by atoms with E-state index in [1.54, 1.807) is 18.7 Å². The van der Waals surface area contributed by atoms with Crippen LogP contribution in [-0.4, -0.2) is 22.7 Å². The van der Waals surface area contributed by atoms with Gasteiger partial charge in [-0.1, -0.05) is 0 Å². The highest BCUT2D eigenvalue weighted by Gasteiger charge is 2.15. The minimum absolute atomic E-state index is 0.123. The van der Waals surface area contributed by atoms with Gasteiger partial charge in [-0.15, -0.1) is 0 Å². The van der Waals surface area contributed by atoms with Crippen molar-refractivity contribution in [2.24, 2.45) is 0 Å². The molecule has 0 aliphatic rings. The summed E-state index contributed by atoms with van der Waals surface area (Å²) in [6.45, 7) is 3.49. The van der Waals surface area contributed by atoms with E-state index in [1.807, 2.05) is 31.2 Å². The Hall–Kier alpha value is -1.62. The second-order valence-corrected chi connectivity index (χ2v) is 5.09. The van der Waals surface area contributed by atoms with Gasteiger partial charge in [0.1, 0.15) is 16.1 Å². The molecule has 0 radical (unpaired) electrons. The quantitative estimate of drug-likeness (QED) is 0.868. The zero-order chi connectivity index (χ0) is 14.0. The van der Waals surface area contributed by atoms with E-state index in [0.717, 1.165) is 27.3 Å². The zero-order valence-electron chi connectivity index (χ0n) is 11.1. The number of benzene rings is 1. The van der Waals surface area contributed by atoms with Crippen LogP contribution in [0.1, 0.15) is 18.2 Å². The van der Waals surface area contributed by atoms with Crippen LogP contribution in [0.5, 0.6) is 5.75 Å². The normalized spacial score (nSPS) is 10.5. The molecule has 2 aromatic rings. The van der Waals surface area contributed by atoms with Crippen molar-refractivity contribution in [1.82, 2.24) is 9.78 Å². The lowest BCUT2D eigenvalue weighted by molar-refractivity contribution is -0.116. The van der Waals surface area contributed by atoms with Crippen molar-refractivity contribution in [2.45, 2.75) is 20.3 Å². The Bertz CT molecular complexity index is 603. The van der Waals surface area contributed by atoms with Gasteiger partial charge in [-0.25, -0.2) is 4.68 Å². The molecule has 100 valence electrons. The first-order valence-corrected chi connectivity index (χ1v) is 6.70. The third kappa shape index (κ3) is 2.87. The third-order valence-corrected chi connectivity index (χ3v) is 3.68. The third-order valence-electron chi connectivity index (χ3n) is 2.86.